The number of aromatic nitrogens is 2. The normalized spacial score (nSPS) is 12.4. The lowest BCUT2D eigenvalue weighted by Crippen LogP contribution is -2.31. The van der Waals surface area contributed by atoms with Crippen molar-refractivity contribution in [2.24, 2.45) is 7.05 Å². The van der Waals surface area contributed by atoms with Gasteiger partial charge in [-0.05, 0) is 44.6 Å². The number of carbonyl (C=O) groups excluding carboxylic acids is 1. The van der Waals surface area contributed by atoms with Gasteiger partial charge in [0.1, 0.15) is 12.4 Å². The second-order valence-corrected chi connectivity index (χ2v) is 6.98. The first-order chi connectivity index (χ1) is 13.2. The van der Waals surface area contributed by atoms with Gasteiger partial charge in [-0.25, -0.2) is 0 Å². The standard InChI is InChI=1S/C21H30N4O2/c1-4-6-13-25(5-2)14-9-12-22-21(26)19-17-15-27-18-11-8-7-10-16(18)20(17)24(3)23-19/h7-8,10-11H,4-6,9,12-15H2,1-3H3,(H,22,26). The summed E-state index contributed by atoms with van der Waals surface area (Å²) >= 11 is 0. The Balaban J connectivity index is 1.61. The molecule has 1 aromatic heterocycles. The number of nitrogens with one attached hydrogen (secondary N) is 1. The Hall–Kier alpha value is -2.34. The molecule has 0 fully saturated rings. The van der Waals surface area contributed by atoms with Crippen molar-refractivity contribution in [1.29, 1.82) is 0 Å². The number of benzene rings is 1. The van der Waals surface area contributed by atoms with Crippen LogP contribution in [0.25, 0.3) is 11.3 Å². The van der Waals surface area contributed by atoms with E-state index in [2.05, 4.69) is 29.2 Å². The molecule has 0 saturated heterocycles. The quantitative estimate of drug-likeness (QED) is 0.689. The number of para-hydroxylation sites is 1. The van der Waals surface area contributed by atoms with Crippen molar-refractivity contribution in [1.82, 2.24) is 20.0 Å². The van der Waals surface area contributed by atoms with Gasteiger partial charge >= 0.3 is 0 Å². The SMILES string of the molecule is CCCCN(CC)CCCNC(=O)c1nn(C)c2c1COc1ccccc1-2. The van der Waals surface area contributed by atoms with Crippen LogP contribution in [-0.4, -0.2) is 46.8 Å². The Morgan fingerprint density at radius 1 is 1.26 bits per heavy atom. The highest BCUT2D eigenvalue weighted by molar-refractivity contribution is 5.96. The summed E-state index contributed by atoms with van der Waals surface area (Å²) in [6.45, 7) is 8.63. The second-order valence-electron chi connectivity index (χ2n) is 6.98. The minimum Gasteiger partial charge on any atom is -0.488 e. The molecule has 27 heavy (non-hydrogen) atoms. The average Bonchev–Trinajstić information content (AvgIpc) is 3.04. The van der Waals surface area contributed by atoms with Gasteiger partial charge in [-0.2, -0.15) is 5.10 Å². The van der Waals surface area contributed by atoms with E-state index in [0.717, 1.165) is 48.6 Å². The maximum Gasteiger partial charge on any atom is 0.272 e. The number of hydrogen-bond donors (Lipinski definition) is 1. The number of rotatable bonds is 9. The highest BCUT2D eigenvalue weighted by Gasteiger charge is 2.27. The van der Waals surface area contributed by atoms with Crippen LogP contribution in [0.2, 0.25) is 0 Å². The van der Waals surface area contributed by atoms with Crippen molar-refractivity contribution < 1.29 is 9.53 Å². The molecule has 6 heteroatoms. The zero-order chi connectivity index (χ0) is 19.2. The summed E-state index contributed by atoms with van der Waals surface area (Å²) in [7, 11) is 1.88. The summed E-state index contributed by atoms with van der Waals surface area (Å²) in [5.74, 6) is 0.720. The molecule has 0 radical (unpaired) electrons. The van der Waals surface area contributed by atoms with Crippen LogP contribution in [0.1, 0.15) is 49.2 Å². The number of carbonyl (C=O) groups is 1. The van der Waals surface area contributed by atoms with Gasteiger partial charge in [0.2, 0.25) is 0 Å². The van der Waals surface area contributed by atoms with E-state index in [1.54, 1.807) is 4.68 Å². The van der Waals surface area contributed by atoms with Crippen LogP contribution >= 0.6 is 0 Å². The number of aryl methyl sites for hydroxylation is 1. The summed E-state index contributed by atoms with van der Waals surface area (Å²) < 4.78 is 7.61. The van der Waals surface area contributed by atoms with Crippen LogP contribution in [0.15, 0.2) is 24.3 Å². The van der Waals surface area contributed by atoms with Gasteiger partial charge in [0.25, 0.3) is 5.91 Å². The molecule has 0 unspecified atom stereocenters. The third-order valence-electron chi connectivity index (χ3n) is 5.09. The molecule has 3 rings (SSSR count). The predicted molar refractivity (Wildman–Crippen MR) is 107 cm³/mol. The van der Waals surface area contributed by atoms with Gasteiger partial charge in [-0.15, -0.1) is 0 Å². The fraction of sp³-hybridized carbons (Fsp3) is 0.524. The van der Waals surface area contributed by atoms with Crippen LogP contribution in [-0.2, 0) is 13.7 Å². The molecule has 6 nitrogen and oxygen atoms in total. The molecule has 1 N–H and O–H groups in total. The Labute approximate surface area is 161 Å². The molecule has 1 aromatic carbocycles. The maximum atomic E-state index is 12.7. The molecule has 2 heterocycles. The molecule has 0 aliphatic carbocycles. The molecular formula is C21H30N4O2. The van der Waals surface area contributed by atoms with Gasteiger partial charge in [0.05, 0.1) is 5.69 Å². The van der Waals surface area contributed by atoms with Crippen molar-refractivity contribution in [3.8, 4) is 17.0 Å². The Bertz CT molecular complexity index is 784. The van der Waals surface area contributed by atoms with E-state index in [-0.39, 0.29) is 5.91 Å². The van der Waals surface area contributed by atoms with Crippen molar-refractivity contribution in [3.63, 3.8) is 0 Å². The van der Waals surface area contributed by atoms with Crippen LogP contribution in [0.5, 0.6) is 5.75 Å². The molecule has 2 aromatic rings. The minimum atomic E-state index is -0.119. The summed E-state index contributed by atoms with van der Waals surface area (Å²) in [6, 6.07) is 7.88. The van der Waals surface area contributed by atoms with Crippen molar-refractivity contribution in [3.05, 3.63) is 35.5 Å². The van der Waals surface area contributed by atoms with E-state index in [9.17, 15) is 4.79 Å². The summed E-state index contributed by atoms with van der Waals surface area (Å²) in [6.07, 6.45) is 3.38. The topological polar surface area (TPSA) is 59.4 Å². The first kappa shape index (κ1) is 19.4. The highest BCUT2D eigenvalue weighted by Crippen LogP contribution is 2.38. The van der Waals surface area contributed by atoms with Crippen molar-refractivity contribution in [2.75, 3.05) is 26.2 Å². The van der Waals surface area contributed by atoms with E-state index in [4.69, 9.17) is 4.74 Å². The molecule has 1 aliphatic heterocycles. The van der Waals surface area contributed by atoms with Crippen LogP contribution in [0, 0.1) is 0 Å². The smallest absolute Gasteiger partial charge is 0.272 e. The average molecular weight is 370 g/mol. The first-order valence-electron chi connectivity index (χ1n) is 9.94. The van der Waals surface area contributed by atoms with Crippen molar-refractivity contribution >= 4 is 5.91 Å². The van der Waals surface area contributed by atoms with Gasteiger partial charge in [0, 0.05) is 24.7 Å². The third kappa shape index (κ3) is 4.33. The number of amides is 1. The number of fused-ring (bicyclic) bond motifs is 3. The molecule has 0 spiro atoms. The minimum absolute atomic E-state index is 0.119. The third-order valence-corrected chi connectivity index (χ3v) is 5.09. The molecular weight excluding hydrogens is 340 g/mol. The van der Waals surface area contributed by atoms with E-state index in [0.29, 0.717) is 18.8 Å². The van der Waals surface area contributed by atoms with Gasteiger partial charge in [-0.3, -0.25) is 9.48 Å². The van der Waals surface area contributed by atoms with E-state index < -0.39 is 0 Å². The monoisotopic (exact) mass is 370 g/mol. The summed E-state index contributed by atoms with van der Waals surface area (Å²) in [5, 5.41) is 7.50. The molecule has 146 valence electrons. The molecule has 1 aliphatic rings. The van der Waals surface area contributed by atoms with E-state index in [1.807, 2.05) is 31.3 Å². The van der Waals surface area contributed by atoms with Gasteiger partial charge in [-0.1, -0.05) is 32.4 Å². The molecule has 0 bridgehead atoms. The lowest BCUT2D eigenvalue weighted by atomic mass is 10.0. The molecule has 0 atom stereocenters. The molecule has 1 amide bonds. The number of unbranched alkanes of at least 4 members (excludes halogenated alkanes) is 1. The number of nitrogens with zero attached hydrogens (tertiary/aromatic N) is 3. The fourth-order valence-electron chi connectivity index (χ4n) is 3.56. The highest BCUT2D eigenvalue weighted by atomic mass is 16.5. The number of hydrogen-bond acceptors (Lipinski definition) is 4. The fourth-order valence-corrected chi connectivity index (χ4v) is 3.56. The largest absolute Gasteiger partial charge is 0.488 e. The van der Waals surface area contributed by atoms with Gasteiger partial charge in [0.15, 0.2) is 5.69 Å². The zero-order valence-corrected chi connectivity index (χ0v) is 16.6. The predicted octanol–water partition coefficient (Wildman–Crippen LogP) is 3.22. The second kappa shape index (κ2) is 9.04. The summed E-state index contributed by atoms with van der Waals surface area (Å²) in [5.41, 5.74) is 3.30. The molecule has 0 saturated carbocycles. The lowest BCUT2D eigenvalue weighted by molar-refractivity contribution is 0.0943. The van der Waals surface area contributed by atoms with Crippen LogP contribution in [0.3, 0.4) is 0 Å². The van der Waals surface area contributed by atoms with Crippen LogP contribution in [0.4, 0.5) is 0 Å². The number of ether oxygens (including phenoxy) is 1. The zero-order valence-electron chi connectivity index (χ0n) is 16.6. The van der Waals surface area contributed by atoms with Crippen molar-refractivity contribution in [2.45, 2.75) is 39.7 Å². The Morgan fingerprint density at radius 2 is 2.04 bits per heavy atom. The lowest BCUT2D eigenvalue weighted by Gasteiger charge is -2.20. The maximum absolute atomic E-state index is 12.7. The van der Waals surface area contributed by atoms with E-state index >= 15 is 0 Å². The van der Waals surface area contributed by atoms with Gasteiger partial charge < -0.3 is 15.0 Å². The van der Waals surface area contributed by atoms with Crippen LogP contribution < -0.4 is 10.1 Å². The Kier molecular flexibility index (Phi) is 6.50. The summed E-state index contributed by atoms with van der Waals surface area (Å²) in [4.78, 5) is 15.1. The first-order valence-corrected chi connectivity index (χ1v) is 9.94. The van der Waals surface area contributed by atoms with E-state index in [1.165, 1.54) is 12.8 Å². The Morgan fingerprint density at radius 3 is 2.81 bits per heavy atom.